The Kier molecular flexibility index (Phi) is 4.51. The average Bonchev–Trinajstić information content (AvgIpc) is 3.40. The molecule has 1 N–H and O–H groups in total. The molecule has 0 atom stereocenters. The third-order valence-electron chi connectivity index (χ3n) is 5.88. The van der Waals surface area contributed by atoms with Crippen molar-refractivity contribution in [2.75, 3.05) is 29.4 Å². The van der Waals surface area contributed by atoms with Gasteiger partial charge in [-0.15, -0.1) is 0 Å². The van der Waals surface area contributed by atoms with E-state index in [1.165, 1.54) is 0 Å². The fourth-order valence-corrected chi connectivity index (χ4v) is 5.50. The third-order valence-corrected chi connectivity index (χ3v) is 7.26. The molecule has 1 fully saturated rings. The van der Waals surface area contributed by atoms with Crippen molar-refractivity contribution in [3.63, 3.8) is 0 Å². The van der Waals surface area contributed by atoms with E-state index >= 15 is 0 Å². The first-order chi connectivity index (χ1) is 14.0. The molecule has 2 aromatic rings. The summed E-state index contributed by atoms with van der Waals surface area (Å²) in [5.41, 5.74) is 2.79. The van der Waals surface area contributed by atoms with Gasteiger partial charge in [-0.2, -0.15) is 0 Å². The summed E-state index contributed by atoms with van der Waals surface area (Å²) < 4.78 is 28.5. The monoisotopic (exact) mass is 413 g/mol. The molecule has 0 saturated carbocycles. The Morgan fingerprint density at radius 2 is 1.79 bits per heavy atom. The Labute approximate surface area is 170 Å². The standard InChI is InChI=1S/C20H23N5O3S/c26-19-4-3-14-11-16(12-15-6-10-25(19)20(14)15)29(27,28)22-13-17-21-7-5-18(23-17)24-8-1-2-9-24/h5,7,11-12,22H,1-4,6,8-10,13H2. The van der Waals surface area contributed by atoms with Crippen molar-refractivity contribution in [1.82, 2.24) is 14.7 Å². The van der Waals surface area contributed by atoms with Crippen molar-refractivity contribution >= 4 is 27.4 Å². The van der Waals surface area contributed by atoms with Gasteiger partial charge >= 0.3 is 0 Å². The SMILES string of the molecule is O=C1CCc2cc(S(=O)(=O)NCc3nccc(N4CCCC4)n3)cc3c2N1CC3. The number of carbonyl (C=O) groups is 1. The summed E-state index contributed by atoms with van der Waals surface area (Å²) in [4.78, 5) is 25.0. The van der Waals surface area contributed by atoms with Crippen molar-refractivity contribution in [2.45, 2.75) is 43.5 Å². The number of nitrogens with one attached hydrogen (secondary N) is 1. The number of rotatable bonds is 5. The maximum absolute atomic E-state index is 12.9. The van der Waals surface area contributed by atoms with E-state index in [1.807, 2.05) is 6.07 Å². The van der Waals surface area contributed by atoms with Gasteiger partial charge in [0.05, 0.1) is 17.1 Å². The van der Waals surface area contributed by atoms with Gasteiger partial charge in [-0.25, -0.2) is 23.1 Å². The minimum atomic E-state index is -3.70. The molecule has 0 unspecified atom stereocenters. The number of anilines is 2. The highest BCUT2D eigenvalue weighted by atomic mass is 32.2. The lowest BCUT2D eigenvalue weighted by Crippen LogP contribution is -2.33. The highest BCUT2D eigenvalue weighted by molar-refractivity contribution is 7.89. The molecule has 5 rings (SSSR count). The van der Waals surface area contributed by atoms with E-state index in [9.17, 15) is 13.2 Å². The van der Waals surface area contributed by atoms with E-state index in [0.29, 0.717) is 31.6 Å². The zero-order valence-corrected chi connectivity index (χ0v) is 16.9. The summed E-state index contributed by atoms with van der Waals surface area (Å²) in [5, 5.41) is 0. The number of aryl methyl sites for hydroxylation is 1. The number of hydrogen-bond donors (Lipinski definition) is 1. The molecule has 1 aromatic carbocycles. The number of hydrogen-bond acceptors (Lipinski definition) is 6. The van der Waals surface area contributed by atoms with E-state index in [1.54, 1.807) is 23.2 Å². The fraction of sp³-hybridized carbons (Fsp3) is 0.450. The Morgan fingerprint density at radius 1 is 1.03 bits per heavy atom. The number of sulfonamides is 1. The number of amides is 1. The molecule has 1 amide bonds. The first-order valence-corrected chi connectivity index (χ1v) is 11.5. The Balaban J connectivity index is 1.36. The van der Waals surface area contributed by atoms with Crippen LogP contribution in [0.15, 0.2) is 29.3 Å². The van der Waals surface area contributed by atoms with Gasteiger partial charge in [-0.3, -0.25) is 4.79 Å². The lowest BCUT2D eigenvalue weighted by atomic mass is 10.00. The second-order valence-corrected chi connectivity index (χ2v) is 9.50. The number of aromatic nitrogens is 2. The molecule has 3 aliphatic heterocycles. The molecule has 0 bridgehead atoms. The van der Waals surface area contributed by atoms with Crippen LogP contribution in [0.4, 0.5) is 11.5 Å². The van der Waals surface area contributed by atoms with Crippen molar-refractivity contribution in [3.8, 4) is 0 Å². The van der Waals surface area contributed by atoms with E-state index in [0.717, 1.165) is 48.6 Å². The van der Waals surface area contributed by atoms with Crippen molar-refractivity contribution in [2.24, 2.45) is 0 Å². The minimum Gasteiger partial charge on any atom is -0.357 e. The molecule has 0 spiro atoms. The Bertz CT molecular complexity index is 1080. The van der Waals surface area contributed by atoms with Crippen molar-refractivity contribution in [3.05, 3.63) is 41.3 Å². The smallest absolute Gasteiger partial charge is 0.240 e. The predicted molar refractivity (Wildman–Crippen MR) is 108 cm³/mol. The van der Waals surface area contributed by atoms with E-state index in [-0.39, 0.29) is 17.3 Å². The van der Waals surface area contributed by atoms with Gasteiger partial charge in [-0.1, -0.05) is 0 Å². The average molecular weight is 414 g/mol. The molecule has 1 aromatic heterocycles. The maximum atomic E-state index is 12.9. The zero-order valence-electron chi connectivity index (χ0n) is 16.1. The first kappa shape index (κ1) is 18.5. The lowest BCUT2D eigenvalue weighted by Gasteiger charge is -2.25. The molecule has 4 heterocycles. The van der Waals surface area contributed by atoms with Crippen LogP contribution < -0.4 is 14.5 Å². The number of nitrogens with zero attached hydrogens (tertiary/aromatic N) is 4. The van der Waals surface area contributed by atoms with Crippen LogP contribution in [0.2, 0.25) is 0 Å². The topological polar surface area (TPSA) is 95.5 Å². The highest BCUT2D eigenvalue weighted by Gasteiger charge is 2.32. The molecule has 0 aliphatic carbocycles. The van der Waals surface area contributed by atoms with Crippen LogP contribution in [0.3, 0.4) is 0 Å². The second-order valence-electron chi connectivity index (χ2n) is 7.74. The van der Waals surface area contributed by atoms with Crippen LogP contribution in [0.25, 0.3) is 0 Å². The van der Waals surface area contributed by atoms with Gasteiger partial charge in [0.2, 0.25) is 15.9 Å². The summed E-state index contributed by atoms with van der Waals surface area (Å²) >= 11 is 0. The molecule has 152 valence electrons. The number of benzene rings is 1. The maximum Gasteiger partial charge on any atom is 0.240 e. The van der Waals surface area contributed by atoms with Crippen LogP contribution >= 0.6 is 0 Å². The molecule has 8 nitrogen and oxygen atoms in total. The van der Waals surface area contributed by atoms with Crippen molar-refractivity contribution < 1.29 is 13.2 Å². The number of carbonyl (C=O) groups excluding carboxylic acids is 1. The quantitative estimate of drug-likeness (QED) is 0.796. The molecule has 0 radical (unpaired) electrons. The van der Waals surface area contributed by atoms with E-state index in [4.69, 9.17) is 0 Å². The minimum absolute atomic E-state index is 0.0427. The normalized spacial score (nSPS) is 18.4. The highest BCUT2D eigenvalue weighted by Crippen LogP contribution is 2.38. The van der Waals surface area contributed by atoms with Crippen LogP contribution in [0, 0.1) is 0 Å². The van der Waals surface area contributed by atoms with Crippen molar-refractivity contribution in [1.29, 1.82) is 0 Å². The van der Waals surface area contributed by atoms with Gasteiger partial charge in [0.15, 0.2) is 0 Å². The third kappa shape index (κ3) is 3.38. The van der Waals surface area contributed by atoms with Gasteiger partial charge < -0.3 is 9.80 Å². The summed E-state index contributed by atoms with van der Waals surface area (Å²) in [6.07, 6.45) is 5.68. The van der Waals surface area contributed by atoms with Gasteiger partial charge in [0.25, 0.3) is 0 Å². The molecule has 3 aliphatic rings. The Morgan fingerprint density at radius 3 is 2.59 bits per heavy atom. The fourth-order valence-electron chi connectivity index (χ4n) is 4.42. The van der Waals surface area contributed by atoms with Crippen LogP contribution in [-0.2, 0) is 34.2 Å². The first-order valence-electron chi connectivity index (χ1n) is 10.0. The van der Waals surface area contributed by atoms with Gasteiger partial charge in [-0.05, 0) is 55.0 Å². The zero-order chi connectivity index (χ0) is 20.0. The summed E-state index contributed by atoms with van der Waals surface area (Å²) in [6.45, 7) is 2.62. The van der Waals surface area contributed by atoms with Gasteiger partial charge in [0.1, 0.15) is 11.6 Å². The van der Waals surface area contributed by atoms with Crippen LogP contribution in [0.5, 0.6) is 0 Å². The largest absolute Gasteiger partial charge is 0.357 e. The molecular weight excluding hydrogens is 390 g/mol. The van der Waals surface area contributed by atoms with E-state index < -0.39 is 10.0 Å². The van der Waals surface area contributed by atoms with Crippen LogP contribution in [-0.4, -0.2) is 43.9 Å². The Hall–Kier alpha value is -2.52. The van der Waals surface area contributed by atoms with E-state index in [2.05, 4.69) is 19.6 Å². The molecule has 29 heavy (non-hydrogen) atoms. The molecule has 9 heteroatoms. The van der Waals surface area contributed by atoms with Crippen LogP contribution in [0.1, 0.15) is 36.2 Å². The molecular formula is C20H23N5O3S. The van der Waals surface area contributed by atoms with Gasteiger partial charge in [0, 0.05) is 32.3 Å². The summed E-state index contributed by atoms with van der Waals surface area (Å²) in [5.74, 6) is 1.43. The molecule has 1 saturated heterocycles. The second kappa shape index (κ2) is 7.07. The summed E-state index contributed by atoms with van der Waals surface area (Å²) in [6, 6.07) is 5.26. The summed E-state index contributed by atoms with van der Waals surface area (Å²) in [7, 11) is -3.70. The lowest BCUT2D eigenvalue weighted by molar-refractivity contribution is -0.118. The predicted octanol–water partition coefficient (Wildman–Crippen LogP) is 1.39.